The molecule has 17 heavy (non-hydrogen) atoms. The predicted molar refractivity (Wildman–Crippen MR) is 67.1 cm³/mol. The number of amides is 1. The standard InChI is InChI=1S/C14H21N2O/c1-10(2)15-7-8-16-12-6-4-3-5-11(12)9-13(16)14(15)17/h10H,3-9H2,1-2H3/q+1. The van der Waals surface area contributed by atoms with Crippen LogP contribution in [0.3, 0.4) is 0 Å². The largest absolute Gasteiger partial charge is 0.325 e. The van der Waals surface area contributed by atoms with E-state index < -0.39 is 0 Å². The highest BCUT2D eigenvalue weighted by atomic mass is 16.2. The first-order valence-electron chi connectivity index (χ1n) is 6.83. The van der Waals surface area contributed by atoms with Crippen molar-refractivity contribution < 1.29 is 9.37 Å². The van der Waals surface area contributed by atoms with Gasteiger partial charge >= 0.3 is 5.91 Å². The van der Waals surface area contributed by atoms with Crippen LogP contribution in [0.4, 0.5) is 0 Å². The Hall–Kier alpha value is -1.12. The number of fused-ring (bicyclic) bond motifs is 1. The van der Waals surface area contributed by atoms with Gasteiger partial charge in [0.2, 0.25) is 0 Å². The molecule has 2 heterocycles. The Labute approximate surface area is 103 Å². The van der Waals surface area contributed by atoms with Crippen LogP contribution in [0, 0.1) is 0 Å². The van der Waals surface area contributed by atoms with Gasteiger partial charge in [-0.2, -0.15) is 4.58 Å². The molecule has 3 rings (SSSR count). The molecule has 3 heteroatoms. The zero-order valence-corrected chi connectivity index (χ0v) is 10.8. The van der Waals surface area contributed by atoms with E-state index in [-0.39, 0.29) is 5.91 Å². The van der Waals surface area contributed by atoms with Crippen LogP contribution in [0.25, 0.3) is 0 Å². The second-order valence-electron chi connectivity index (χ2n) is 5.62. The summed E-state index contributed by atoms with van der Waals surface area (Å²) in [6.07, 6.45) is 5.93. The zero-order chi connectivity index (χ0) is 12.0. The molecule has 0 N–H and O–H groups in total. The van der Waals surface area contributed by atoms with Crippen LogP contribution in [0.5, 0.6) is 0 Å². The Balaban J connectivity index is 1.91. The molecule has 0 saturated heterocycles. The summed E-state index contributed by atoms with van der Waals surface area (Å²) in [5.74, 6) is 0.278. The van der Waals surface area contributed by atoms with E-state index in [2.05, 4.69) is 18.4 Å². The third-order valence-electron chi connectivity index (χ3n) is 4.28. The van der Waals surface area contributed by atoms with E-state index in [1.807, 2.05) is 4.90 Å². The summed E-state index contributed by atoms with van der Waals surface area (Å²) in [5.41, 5.74) is 4.09. The SMILES string of the molecule is CC(C)N1CC[N+]2=C(CC3=C2CCCC3)C1=O. The highest BCUT2D eigenvalue weighted by Crippen LogP contribution is 2.34. The first kappa shape index (κ1) is 11.0. The molecule has 0 radical (unpaired) electrons. The van der Waals surface area contributed by atoms with E-state index in [0.717, 1.165) is 25.2 Å². The fourth-order valence-corrected chi connectivity index (χ4v) is 3.36. The van der Waals surface area contributed by atoms with Crippen molar-refractivity contribution in [3.05, 3.63) is 11.3 Å². The minimum atomic E-state index is 0.278. The number of nitrogens with zero attached hydrogens (tertiary/aromatic N) is 2. The van der Waals surface area contributed by atoms with Crippen LogP contribution in [-0.2, 0) is 4.79 Å². The van der Waals surface area contributed by atoms with Crippen LogP contribution in [-0.4, -0.2) is 40.2 Å². The summed E-state index contributed by atoms with van der Waals surface area (Å²) < 4.78 is 2.33. The summed E-state index contributed by atoms with van der Waals surface area (Å²) in [6, 6.07) is 0.328. The molecule has 92 valence electrons. The Morgan fingerprint density at radius 3 is 2.76 bits per heavy atom. The fourth-order valence-electron chi connectivity index (χ4n) is 3.36. The number of hydrogen-bond donors (Lipinski definition) is 0. The lowest BCUT2D eigenvalue weighted by molar-refractivity contribution is -0.481. The van der Waals surface area contributed by atoms with Gasteiger partial charge in [0.05, 0.1) is 13.0 Å². The smallest absolute Gasteiger partial charge is 0.314 e. The summed E-state index contributed by atoms with van der Waals surface area (Å²) in [7, 11) is 0. The van der Waals surface area contributed by atoms with Crippen molar-refractivity contribution in [2.45, 2.75) is 52.0 Å². The summed E-state index contributed by atoms with van der Waals surface area (Å²) >= 11 is 0. The third kappa shape index (κ3) is 1.63. The quantitative estimate of drug-likeness (QED) is 0.635. The number of hydrogen-bond acceptors (Lipinski definition) is 1. The summed E-state index contributed by atoms with van der Waals surface area (Å²) in [6.45, 7) is 6.11. The molecule has 0 atom stereocenters. The minimum Gasteiger partial charge on any atom is -0.325 e. The maximum Gasteiger partial charge on any atom is 0.314 e. The van der Waals surface area contributed by atoms with Crippen LogP contribution >= 0.6 is 0 Å². The molecule has 0 aromatic heterocycles. The number of allylic oxidation sites excluding steroid dienone is 2. The molecule has 0 bridgehead atoms. The lowest BCUT2D eigenvalue weighted by Crippen LogP contribution is -2.50. The second-order valence-corrected chi connectivity index (χ2v) is 5.62. The van der Waals surface area contributed by atoms with E-state index in [9.17, 15) is 4.79 Å². The fraction of sp³-hybridized carbons (Fsp3) is 0.714. The van der Waals surface area contributed by atoms with Gasteiger partial charge in [-0.25, -0.2) is 0 Å². The Bertz CT molecular complexity index is 432. The van der Waals surface area contributed by atoms with Crippen molar-refractivity contribution >= 4 is 11.6 Å². The van der Waals surface area contributed by atoms with Gasteiger partial charge in [-0.1, -0.05) is 0 Å². The summed E-state index contributed by atoms with van der Waals surface area (Å²) in [5, 5.41) is 0. The van der Waals surface area contributed by atoms with Crippen LogP contribution in [0.1, 0.15) is 46.0 Å². The monoisotopic (exact) mass is 233 g/mol. The van der Waals surface area contributed by atoms with Gasteiger partial charge in [-0.3, -0.25) is 4.79 Å². The van der Waals surface area contributed by atoms with Gasteiger partial charge in [0.15, 0.2) is 12.2 Å². The van der Waals surface area contributed by atoms with Gasteiger partial charge in [0, 0.05) is 18.0 Å². The topological polar surface area (TPSA) is 23.3 Å². The molecule has 0 unspecified atom stereocenters. The molecule has 3 nitrogen and oxygen atoms in total. The average Bonchev–Trinajstić information content (AvgIpc) is 2.69. The van der Waals surface area contributed by atoms with Crippen molar-refractivity contribution in [3.63, 3.8) is 0 Å². The van der Waals surface area contributed by atoms with E-state index >= 15 is 0 Å². The first-order chi connectivity index (χ1) is 8.18. The molecule has 0 saturated carbocycles. The summed E-state index contributed by atoms with van der Waals surface area (Å²) in [4.78, 5) is 14.4. The van der Waals surface area contributed by atoms with Gasteiger partial charge < -0.3 is 4.90 Å². The molecule has 3 aliphatic rings. The van der Waals surface area contributed by atoms with E-state index in [1.54, 1.807) is 5.57 Å². The third-order valence-corrected chi connectivity index (χ3v) is 4.28. The zero-order valence-electron chi connectivity index (χ0n) is 10.8. The molecular formula is C14H21N2O+. The van der Waals surface area contributed by atoms with Crippen LogP contribution < -0.4 is 0 Å². The van der Waals surface area contributed by atoms with Gasteiger partial charge in [-0.05, 0) is 33.1 Å². The molecule has 0 spiro atoms. The molecule has 0 aromatic carbocycles. The highest BCUT2D eigenvalue weighted by molar-refractivity contribution is 6.38. The van der Waals surface area contributed by atoms with Crippen molar-refractivity contribution in [2.75, 3.05) is 13.1 Å². The number of carbonyl (C=O) groups is 1. The Morgan fingerprint density at radius 1 is 1.24 bits per heavy atom. The highest BCUT2D eigenvalue weighted by Gasteiger charge is 2.43. The molecule has 2 aliphatic heterocycles. The maximum atomic E-state index is 12.4. The molecule has 0 fully saturated rings. The van der Waals surface area contributed by atoms with Crippen LogP contribution in [0.2, 0.25) is 0 Å². The van der Waals surface area contributed by atoms with E-state index in [0.29, 0.717) is 6.04 Å². The Kier molecular flexibility index (Phi) is 2.57. The molecule has 0 aromatic rings. The normalized spacial score (nSPS) is 24.6. The van der Waals surface area contributed by atoms with E-state index in [4.69, 9.17) is 0 Å². The lowest BCUT2D eigenvalue weighted by atomic mass is 9.95. The average molecular weight is 233 g/mol. The second kappa shape index (κ2) is 3.97. The lowest BCUT2D eigenvalue weighted by Gasteiger charge is -2.28. The molecule has 1 amide bonds. The van der Waals surface area contributed by atoms with Gasteiger partial charge in [0.1, 0.15) is 0 Å². The van der Waals surface area contributed by atoms with Crippen molar-refractivity contribution in [2.24, 2.45) is 0 Å². The maximum absolute atomic E-state index is 12.4. The van der Waals surface area contributed by atoms with Crippen molar-refractivity contribution in [1.29, 1.82) is 0 Å². The minimum absolute atomic E-state index is 0.278. The molecular weight excluding hydrogens is 212 g/mol. The van der Waals surface area contributed by atoms with Crippen molar-refractivity contribution in [3.8, 4) is 0 Å². The van der Waals surface area contributed by atoms with E-state index in [1.165, 1.54) is 31.4 Å². The first-order valence-corrected chi connectivity index (χ1v) is 6.83. The number of rotatable bonds is 1. The van der Waals surface area contributed by atoms with Gasteiger partial charge in [-0.15, -0.1) is 0 Å². The molecule has 1 aliphatic carbocycles. The van der Waals surface area contributed by atoms with Crippen molar-refractivity contribution in [1.82, 2.24) is 4.90 Å². The van der Waals surface area contributed by atoms with Crippen LogP contribution in [0.15, 0.2) is 11.3 Å². The predicted octanol–water partition coefficient (Wildman–Crippen LogP) is 1.92. The van der Waals surface area contributed by atoms with Gasteiger partial charge in [0.25, 0.3) is 5.71 Å². The Morgan fingerprint density at radius 2 is 2.00 bits per heavy atom. The number of carbonyl (C=O) groups excluding carboxylic acids is 1.